The van der Waals surface area contributed by atoms with Crippen molar-refractivity contribution >= 4 is 29.4 Å². The number of esters is 2. The van der Waals surface area contributed by atoms with Crippen molar-refractivity contribution < 1.29 is 33.4 Å². The lowest BCUT2D eigenvalue weighted by atomic mass is 10.1. The number of nitrogens with zero attached hydrogens (tertiary/aromatic N) is 4. The molecule has 12 nitrogen and oxygen atoms in total. The maximum atomic E-state index is 15.0. The van der Waals surface area contributed by atoms with E-state index in [0.29, 0.717) is 31.0 Å². The number of aliphatic hydroxyl groups is 1. The fraction of sp³-hybridized carbons (Fsp3) is 0.481. The van der Waals surface area contributed by atoms with Crippen LogP contribution in [0.5, 0.6) is 0 Å². The van der Waals surface area contributed by atoms with Crippen molar-refractivity contribution in [2.45, 2.75) is 45.6 Å². The normalized spacial score (nSPS) is 13.3. The number of anilines is 1. The van der Waals surface area contributed by atoms with E-state index in [1.54, 1.807) is 12.1 Å². The number of amidine groups is 1. The third-order valence-corrected chi connectivity index (χ3v) is 6.01. The number of hydrogen-bond acceptors (Lipinski definition) is 11. The molecule has 1 aromatic heterocycles. The van der Waals surface area contributed by atoms with E-state index in [9.17, 15) is 14.7 Å². The molecule has 3 rings (SSSR count). The Balaban J connectivity index is 1.45. The highest BCUT2D eigenvalue weighted by Crippen LogP contribution is 2.26. The summed E-state index contributed by atoms with van der Waals surface area (Å²) in [5.41, 5.74) is 6.83. The maximum Gasteiger partial charge on any atom is 0.313 e. The lowest BCUT2D eigenvalue weighted by molar-refractivity contribution is -0.146. The van der Waals surface area contributed by atoms with Gasteiger partial charge in [0, 0.05) is 35.5 Å². The minimum atomic E-state index is -0.709. The van der Waals surface area contributed by atoms with Gasteiger partial charge in [0.15, 0.2) is 0 Å². The van der Waals surface area contributed by atoms with Gasteiger partial charge in [0.05, 0.1) is 37.9 Å². The Morgan fingerprint density at radius 2 is 1.93 bits per heavy atom. The van der Waals surface area contributed by atoms with E-state index in [1.165, 1.54) is 18.5 Å². The summed E-state index contributed by atoms with van der Waals surface area (Å²) in [6, 6.07) is 4.72. The summed E-state index contributed by atoms with van der Waals surface area (Å²) in [6.07, 6.45) is 5.82. The van der Waals surface area contributed by atoms with Crippen LogP contribution in [0.2, 0.25) is 0 Å². The molecule has 40 heavy (non-hydrogen) atoms. The molecular weight excluding hydrogens is 523 g/mol. The fourth-order valence-corrected chi connectivity index (χ4v) is 3.69. The van der Waals surface area contributed by atoms with Gasteiger partial charge in [-0.3, -0.25) is 15.0 Å². The van der Waals surface area contributed by atoms with Crippen molar-refractivity contribution in [3.8, 4) is 11.1 Å². The zero-order valence-corrected chi connectivity index (χ0v) is 22.5. The number of carbonyl (C=O) groups excluding carboxylic acids is 2. The lowest BCUT2D eigenvalue weighted by Gasteiger charge is -2.32. The van der Waals surface area contributed by atoms with Crippen LogP contribution >= 0.6 is 0 Å². The molecule has 1 unspecified atom stereocenters. The van der Waals surface area contributed by atoms with Crippen molar-refractivity contribution in [3.05, 3.63) is 42.0 Å². The Hall–Kier alpha value is -4.13. The van der Waals surface area contributed by atoms with E-state index >= 15 is 4.39 Å². The molecule has 0 amide bonds. The molecule has 1 aliphatic rings. The molecule has 216 valence electrons. The van der Waals surface area contributed by atoms with Crippen LogP contribution in [0.25, 0.3) is 11.1 Å². The molecule has 2 heterocycles. The molecule has 4 N–H and O–H groups in total. The Kier molecular flexibility index (Phi) is 11.8. The summed E-state index contributed by atoms with van der Waals surface area (Å²) in [5.74, 6) is -1.79. The Morgan fingerprint density at radius 1 is 1.18 bits per heavy atom. The van der Waals surface area contributed by atoms with Crippen LogP contribution < -0.4 is 10.6 Å². The molecule has 1 aliphatic heterocycles. The molecule has 2 aromatic rings. The second kappa shape index (κ2) is 15.5. The molecule has 0 aliphatic carbocycles. The summed E-state index contributed by atoms with van der Waals surface area (Å²) >= 11 is 0. The second-order valence-electron chi connectivity index (χ2n) is 9.41. The molecule has 0 bridgehead atoms. The molecular formula is C27H35FN6O6. The first-order chi connectivity index (χ1) is 19.3. The summed E-state index contributed by atoms with van der Waals surface area (Å²) in [6.45, 7) is 2.68. The van der Waals surface area contributed by atoms with Gasteiger partial charge in [-0.05, 0) is 6.42 Å². The van der Waals surface area contributed by atoms with E-state index in [1.807, 2.05) is 4.90 Å². The van der Waals surface area contributed by atoms with Crippen molar-refractivity contribution in [2.75, 3.05) is 37.8 Å². The van der Waals surface area contributed by atoms with Gasteiger partial charge in [0.25, 0.3) is 0 Å². The first kappa shape index (κ1) is 30.4. The number of oxime groups is 1. The monoisotopic (exact) mass is 558 g/mol. The summed E-state index contributed by atoms with van der Waals surface area (Å²) < 4.78 is 25.2. The Bertz CT molecular complexity index is 1180. The molecule has 0 radical (unpaired) electrons. The first-order valence-corrected chi connectivity index (χ1v) is 13.1. The van der Waals surface area contributed by atoms with Gasteiger partial charge in [-0.1, -0.05) is 43.1 Å². The van der Waals surface area contributed by atoms with Crippen molar-refractivity contribution in [3.63, 3.8) is 0 Å². The number of benzene rings is 1. The van der Waals surface area contributed by atoms with E-state index < -0.39 is 11.8 Å². The van der Waals surface area contributed by atoms with Crippen LogP contribution in [-0.2, 0) is 30.5 Å². The number of hydrogen-bond donors (Lipinski definition) is 3. The minimum absolute atomic E-state index is 0.0765. The fourth-order valence-electron chi connectivity index (χ4n) is 3.69. The maximum absolute atomic E-state index is 15.0. The van der Waals surface area contributed by atoms with Gasteiger partial charge in [0.1, 0.15) is 31.3 Å². The number of rotatable bonds is 16. The number of aliphatic hydroxyl groups excluding tert-OH is 1. The summed E-state index contributed by atoms with van der Waals surface area (Å²) in [4.78, 5) is 39.2. The molecule has 13 heteroatoms. The standard InChI is InChI=1S/C27H35FN6O6/c1-2-3-4-8-24(36)38-15-18(14-35)16-40-33-21-12-34(13-21)27-31-10-20(11-32-27)22-7-5-6-19(26(22)28)17-39-25(37)9-23(29)30/h5-7,10-11,18,35H,2-4,8-9,12-17H2,1H3,(H3,29,30). The molecule has 1 fully saturated rings. The Labute approximate surface area is 231 Å². The SMILES string of the molecule is CCCCCC(=O)OCC(CO)CON=C1CN(c2ncc(-c3cccc(COC(=O)CC(=N)N)c3F)cn2)C1. The average molecular weight is 559 g/mol. The number of halogens is 1. The number of nitrogens with two attached hydrogens (primary N) is 1. The molecule has 0 saturated carbocycles. The van der Waals surface area contributed by atoms with Gasteiger partial charge >= 0.3 is 11.9 Å². The topological polar surface area (TPSA) is 173 Å². The number of ether oxygens (including phenoxy) is 2. The van der Waals surface area contributed by atoms with E-state index in [2.05, 4.69) is 22.0 Å². The van der Waals surface area contributed by atoms with Crippen LogP contribution in [0.1, 0.15) is 44.6 Å². The number of aromatic nitrogens is 2. The Morgan fingerprint density at radius 3 is 2.60 bits per heavy atom. The quantitative estimate of drug-likeness (QED) is 0.0913. The smallest absolute Gasteiger partial charge is 0.313 e. The lowest BCUT2D eigenvalue weighted by Crippen LogP contribution is -2.48. The van der Waals surface area contributed by atoms with Crippen molar-refractivity contribution in [1.29, 1.82) is 5.41 Å². The van der Waals surface area contributed by atoms with Crippen LogP contribution in [-0.4, -0.2) is 71.5 Å². The van der Waals surface area contributed by atoms with Gasteiger partial charge < -0.3 is 30.1 Å². The number of carbonyl (C=O) groups is 2. The van der Waals surface area contributed by atoms with Crippen molar-refractivity contribution in [2.24, 2.45) is 16.8 Å². The predicted octanol–water partition coefficient (Wildman–Crippen LogP) is 2.58. The predicted molar refractivity (Wildman–Crippen MR) is 145 cm³/mol. The highest BCUT2D eigenvalue weighted by atomic mass is 19.1. The van der Waals surface area contributed by atoms with E-state index in [-0.39, 0.29) is 61.7 Å². The first-order valence-electron chi connectivity index (χ1n) is 13.1. The zero-order valence-electron chi connectivity index (χ0n) is 22.5. The molecule has 1 atom stereocenters. The van der Waals surface area contributed by atoms with Crippen LogP contribution in [0.3, 0.4) is 0 Å². The van der Waals surface area contributed by atoms with Gasteiger partial charge in [0.2, 0.25) is 5.95 Å². The van der Waals surface area contributed by atoms with E-state index in [4.69, 9.17) is 25.5 Å². The van der Waals surface area contributed by atoms with Gasteiger partial charge in [-0.25, -0.2) is 14.4 Å². The second-order valence-corrected chi connectivity index (χ2v) is 9.41. The largest absolute Gasteiger partial charge is 0.465 e. The third-order valence-electron chi connectivity index (χ3n) is 6.01. The third kappa shape index (κ3) is 9.26. The molecule has 1 saturated heterocycles. The highest BCUT2D eigenvalue weighted by molar-refractivity contribution is 5.98. The summed E-state index contributed by atoms with van der Waals surface area (Å²) in [5, 5.41) is 20.7. The van der Waals surface area contributed by atoms with Crippen LogP contribution in [0.15, 0.2) is 35.7 Å². The van der Waals surface area contributed by atoms with Crippen molar-refractivity contribution in [1.82, 2.24) is 9.97 Å². The highest BCUT2D eigenvalue weighted by Gasteiger charge is 2.25. The van der Waals surface area contributed by atoms with Crippen LogP contribution in [0.4, 0.5) is 10.3 Å². The number of unbranched alkanes of at least 4 members (excludes halogenated alkanes) is 2. The average Bonchev–Trinajstić information content (AvgIpc) is 2.91. The molecule has 0 spiro atoms. The van der Waals surface area contributed by atoms with Crippen LogP contribution in [0, 0.1) is 17.1 Å². The molecule has 1 aromatic carbocycles. The summed E-state index contributed by atoms with van der Waals surface area (Å²) in [7, 11) is 0. The van der Waals surface area contributed by atoms with Gasteiger partial charge in [-0.2, -0.15) is 0 Å². The number of nitrogens with one attached hydrogen (secondary N) is 1. The zero-order chi connectivity index (χ0) is 28.9. The van der Waals surface area contributed by atoms with E-state index in [0.717, 1.165) is 25.0 Å². The van der Waals surface area contributed by atoms with Gasteiger partial charge in [-0.15, -0.1) is 0 Å². The minimum Gasteiger partial charge on any atom is -0.465 e.